The maximum absolute atomic E-state index is 13.5. The molecule has 0 aromatic heterocycles. The quantitative estimate of drug-likeness (QED) is 0.263. The van der Waals surface area contributed by atoms with Crippen LogP contribution in [0.15, 0.2) is 66.2 Å². The Balaban J connectivity index is 1.68. The van der Waals surface area contributed by atoms with Gasteiger partial charge in [0.2, 0.25) is 0 Å². The summed E-state index contributed by atoms with van der Waals surface area (Å²) in [5.41, 5.74) is 2.44. The van der Waals surface area contributed by atoms with E-state index in [-0.39, 0.29) is 11.3 Å². The molecule has 1 saturated heterocycles. The van der Waals surface area contributed by atoms with Gasteiger partial charge in [-0.25, -0.2) is 0 Å². The summed E-state index contributed by atoms with van der Waals surface area (Å²) >= 11 is 0. The Morgan fingerprint density at radius 1 is 0.921 bits per heavy atom. The molecule has 5 rings (SSSR count). The number of benzene rings is 3. The molecule has 1 amide bonds. The molecule has 0 saturated carbocycles. The monoisotopic (exact) mass is 515 g/mol. The van der Waals surface area contributed by atoms with Crippen molar-refractivity contribution in [3.8, 4) is 23.0 Å². The molecular formula is C30H29NO7. The van der Waals surface area contributed by atoms with Crippen molar-refractivity contribution in [2.45, 2.75) is 26.8 Å². The molecule has 0 spiro atoms. The molecule has 38 heavy (non-hydrogen) atoms. The first-order valence-electron chi connectivity index (χ1n) is 12.6. The van der Waals surface area contributed by atoms with Crippen molar-refractivity contribution in [3.05, 3.63) is 82.9 Å². The van der Waals surface area contributed by atoms with Gasteiger partial charge in [0.05, 0.1) is 24.8 Å². The van der Waals surface area contributed by atoms with Crippen molar-refractivity contribution >= 4 is 23.1 Å². The first-order chi connectivity index (χ1) is 18.4. The van der Waals surface area contributed by atoms with E-state index in [4.69, 9.17) is 18.9 Å². The van der Waals surface area contributed by atoms with Gasteiger partial charge in [-0.3, -0.25) is 14.5 Å². The summed E-state index contributed by atoms with van der Waals surface area (Å²) < 4.78 is 22.7. The van der Waals surface area contributed by atoms with Gasteiger partial charge in [-0.05, 0) is 56.7 Å². The number of Topliss-reactive ketones (excluding diaryl/α,β-unsaturated/α-hetero) is 1. The molecule has 8 heteroatoms. The number of hydrogen-bond donors (Lipinski definition) is 1. The van der Waals surface area contributed by atoms with Gasteiger partial charge in [0.15, 0.2) is 23.0 Å². The van der Waals surface area contributed by atoms with E-state index in [1.54, 1.807) is 36.4 Å². The van der Waals surface area contributed by atoms with E-state index in [9.17, 15) is 14.7 Å². The molecule has 1 N–H and O–H groups in total. The molecule has 3 aromatic rings. The maximum Gasteiger partial charge on any atom is 0.300 e. The van der Waals surface area contributed by atoms with Crippen LogP contribution in [-0.2, 0) is 9.59 Å². The third-order valence-corrected chi connectivity index (χ3v) is 6.42. The van der Waals surface area contributed by atoms with Crippen molar-refractivity contribution in [2.75, 3.05) is 31.3 Å². The number of ether oxygens (including phenoxy) is 4. The first kappa shape index (κ1) is 25.2. The Labute approximate surface area is 221 Å². The number of carbonyl (C=O) groups is 2. The van der Waals surface area contributed by atoms with Gasteiger partial charge < -0.3 is 24.1 Å². The summed E-state index contributed by atoms with van der Waals surface area (Å²) in [6.07, 6.45) is 0. The SMILES string of the molecule is CCOc1ccc(N2C(=O)C(=O)/C(=C(\O)c3ccc4c(c3)OCCO4)C2c2cccc(C)c2)cc1OCC. The molecule has 3 aromatic carbocycles. The summed E-state index contributed by atoms with van der Waals surface area (Å²) in [7, 11) is 0. The molecule has 1 atom stereocenters. The number of nitrogens with zero attached hydrogens (tertiary/aromatic N) is 1. The number of aryl methyl sites for hydroxylation is 1. The van der Waals surface area contributed by atoms with Gasteiger partial charge in [-0.15, -0.1) is 0 Å². The number of fused-ring (bicyclic) bond motifs is 1. The standard InChI is InChI=1S/C30H29NO7/c1-4-35-22-12-10-21(17-25(22)36-5-2)31-27(19-8-6-7-18(3)15-19)26(29(33)30(31)34)28(32)20-9-11-23-24(16-20)38-14-13-37-23/h6-12,15-17,27,32H,4-5,13-14H2,1-3H3/b28-26-. The number of hydrogen-bond acceptors (Lipinski definition) is 7. The number of rotatable bonds is 7. The fourth-order valence-corrected chi connectivity index (χ4v) is 4.79. The molecule has 1 fully saturated rings. The molecule has 2 aliphatic rings. The van der Waals surface area contributed by atoms with Gasteiger partial charge in [0.25, 0.3) is 11.7 Å². The largest absolute Gasteiger partial charge is 0.507 e. The number of amides is 1. The second-order valence-electron chi connectivity index (χ2n) is 8.94. The van der Waals surface area contributed by atoms with Crippen molar-refractivity contribution in [1.82, 2.24) is 0 Å². The van der Waals surface area contributed by atoms with Crippen molar-refractivity contribution < 1.29 is 33.6 Å². The Morgan fingerprint density at radius 3 is 2.39 bits per heavy atom. The van der Waals surface area contributed by atoms with Crippen molar-refractivity contribution in [3.63, 3.8) is 0 Å². The predicted molar refractivity (Wildman–Crippen MR) is 142 cm³/mol. The zero-order chi connectivity index (χ0) is 26.8. The number of ketones is 1. The minimum atomic E-state index is -0.865. The van der Waals surface area contributed by atoms with Gasteiger partial charge in [-0.1, -0.05) is 29.8 Å². The van der Waals surface area contributed by atoms with Gasteiger partial charge in [0, 0.05) is 17.3 Å². The molecular weight excluding hydrogens is 486 g/mol. The lowest BCUT2D eigenvalue weighted by molar-refractivity contribution is -0.132. The Bertz CT molecular complexity index is 1430. The van der Waals surface area contributed by atoms with Crippen molar-refractivity contribution in [1.29, 1.82) is 0 Å². The van der Waals surface area contributed by atoms with Crippen LogP contribution in [0.1, 0.15) is 36.6 Å². The van der Waals surface area contributed by atoms with E-state index < -0.39 is 17.7 Å². The summed E-state index contributed by atoms with van der Waals surface area (Å²) in [5.74, 6) is 0.209. The summed E-state index contributed by atoms with van der Waals surface area (Å²) in [6.45, 7) is 7.32. The smallest absolute Gasteiger partial charge is 0.300 e. The van der Waals surface area contributed by atoms with E-state index in [2.05, 4.69) is 0 Å². The van der Waals surface area contributed by atoms with Crippen LogP contribution < -0.4 is 23.8 Å². The minimum absolute atomic E-state index is 0.0101. The number of carbonyl (C=O) groups excluding carboxylic acids is 2. The third-order valence-electron chi connectivity index (χ3n) is 6.42. The Morgan fingerprint density at radius 2 is 1.66 bits per heavy atom. The fraction of sp³-hybridized carbons (Fsp3) is 0.267. The molecule has 2 heterocycles. The van der Waals surface area contributed by atoms with E-state index in [1.165, 1.54) is 4.90 Å². The van der Waals surface area contributed by atoms with Crippen LogP contribution in [0.3, 0.4) is 0 Å². The van der Waals surface area contributed by atoms with Crippen LogP contribution in [0, 0.1) is 6.92 Å². The highest BCUT2D eigenvalue weighted by atomic mass is 16.6. The molecule has 0 aliphatic carbocycles. The summed E-state index contributed by atoms with van der Waals surface area (Å²) in [4.78, 5) is 28.5. The zero-order valence-corrected chi connectivity index (χ0v) is 21.5. The number of anilines is 1. The topological polar surface area (TPSA) is 94.5 Å². The van der Waals surface area contributed by atoms with Crippen molar-refractivity contribution in [2.24, 2.45) is 0 Å². The second kappa shape index (κ2) is 10.5. The molecule has 1 unspecified atom stereocenters. The van der Waals surface area contributed by atoms with Gasteiger partial charge in [0.1, 0.15) is 19.0 Å². The van der Waals surface area contributed by atoms with E-state index >= 15 is 0 Å². The normalized spacial score (nSPS) is 18.0. The Hall–Kier alpha value is -4.46. The molecule has 0 radical (unpaired) electrons. The lowest BCUT2D eigenvalue weighted by Crippen LogP contribution is -2.29. The highest BCUT2D eigenvalue weighted by molar-refractivity contribution is 6.51. The summed E-state index contributed by atoms with van der Waals surface area (Å²) in [5, 5.41) is 11.5. The highest BCUT2D eigenvalue weighted by Gasteiger charge is 2.47. The zero-order valence-electron chi connectivity index (χ0n) is 21.5. The Kier molecular flexibility index (Phi) is 6.96. The van der Waals surface area contributed by atoms with E-state index in [0.29, 0.717) is 66.2 Å². The van der Waals surface area contributed by atoms with Crippen LogP contribution in [0.5, 0.6) is 23.0 Å². The molecule has 196 valence electrons. The maximum atomic E-state index is 13.5. The average molecular weight is 516 g/mol. The summed E-state index contributed by atoms with van der Waals surface area (Å²) in [6, 6.07) is 16.7. The lowest BCUT2D eigenvalue weighted by Gasteiger charge is -2.26. The fourth-order valence-electron chi connectivity index (χ4n) is 4.79. The number of aliphatic hydroxyl groups is 1. The highest BCUT2D eigenvalue weighted by Crippen LogP contribution is 2.45. The molecule has 2 aliphatic heterocycles. The van der Waals surface area contributed by atoms with Crippen LogP contribution in [-0.4, -0.2) is 43.2 Å². The molecule has 8 nitrogen and oxygen atoms in total. The van der Waals surface area contributed by atoms with E-state index in [1.807, 2.05) is 45.0 Å². The molecule has 0 bridgehead atoms. The van der Waals surface area contributed by atoms with Gasteiger partial charge >= 0.3 is 0 Å². The van der Waals surface area contributed by atoms with E-state index in [0.717, 1.165) is 5.56 Å². The predicted octanol–water partition coefficient (Wildman–Crippen LogP) is 5.19. The average Bonchev–Trinajstić information content (AvgIpc) is 3.19. The van der Waals surface area contributed by atoms with Gasteiger partial charge in [-0.2, -0.15) is 0 Å². The minimum Gasteiger partial charge on any atom is -0.507 e. The van der Waals surface area contributed by atoms with Crippen LogP contribution in [0.4, 0.5) is 5.69 Å². The van der Waals surface area contributed by atoms with Crippen LogP contribution in [0.25, 0.3) is 5.76 Å². The lowest BCUT2D eigenvalue weighted by atomic mass is 9.94. The second-order valence-corrected chi connectivity index (χ2v) is 8.94. The number of aliphatic hydroxyl groups excluding tert-OH is 1. The van der Waals surface area contributed by atoms with Crippen LogP contribution >= 0.6 is 0 Å². The third kappa shape index (κ3) is 4.53. The first-order valence-corrected chi connectivity index (χ1v) is 12.6. The van der Waals surface area contributed by atoms with Crippen LogP contribution in [0.2, 0.25) is 0 Å².